The molecule has 2 aromatic rings. The molecule has 2 rings (SSSR count). The van der Waals surface area contributed by atoms with E-state index in [1.54, 1.807) is 26.8 Å². The van der Waals surface area contributed by atoms with Crippen LogP contribution in [0.2, 0.25) is 0 Å². The highest BCUT2D eigenvalue weighted by Crippen LogP contribution is 2.17. The third-order valence-corrected chi connectivity index (χ3v) is 2.38. The zero-order valence-corrected chi connectivity index (χ0v) is 10.9. The molecule has 0 saturated heterocycles. The highest BCUT2D eigenvalue weighted by molar-refractivity contribution is 5.94. The van der Waals surface area contributed by atoms with Crippen molar-refractivity contribution < 1.29 is 19.4 Å². The van der Waals surface area contributed by atoms with Gasteiger partial charge in [0.05, 0.1) is 16.6 Å². The molecule has 0 saturated carbocycles. The smallest absolute Gasteiger partial charge is 0.419 e. The summed E-state index contributed by atoms with van der Waals surface area (Å²) in [6, 6.07) is 3.03. The van der Waals surface area contributed by atoms with Gasteiger partial charge in [0.15, 0.2) is 0 Å². The number of carbonyl (C=O) groups excluding carboxylic acids is 1. The molecule has 0 amide bonds. The van der Waals surface area contributed by atoms with Crippen LogP contribution in [0.1, 0.15) is 31.1 Å². The van der Waals surface area contributed by atoms with Gasteiger partial charge in [-0.2, -0.15) is 0 Å². The fourth-order valence-corrected chi connectivity index (χ4v) is 1.60. The monoisotopic (exact) mass is 262 g/mol. The summed E-state index contributed by atoms with van der Waals surface area (Å²) < 4.78 is 6.49. The summed E-state index contributed by atoms with van der Waals surface area (Å²) in [5.74, 6) is -1.09. The molecule has 6 heteroatoms. The van der Waals surface area contributed by atoms with Crippen LogP contribution in [0.5, 0.6) is 0 Å². The first kappa shape index (κ1) is 13.1. The van der Waals surface area contributed by atoms with Crippen molar-refractivity contribution in [2.45, 2.75) is 26.4 Å². The number of carbonyl (C=O) groups is 2. The van der Waals surface area contributed by atoms with Gasteiger partial charge in [0.2, 0.25) is 0 Å². The van der Waals surface area contributed by atoms with Crippen LogP contribution in [0, 0.1) is 0 Å². The minimum atomic E-state index is -1.09. The Kier molecular flexibility index (Phi) is 3.01. The first-order chi connectivity index (χ1) is 8.78. The van der Waals surface area contributed by atoms with E-state index >= 15 is 0 Å². The van der Waals surface area contributed by atoms with Crippen LogP contribution < -0.4 is 0 Å². The molecule has 0 atom stereocenters. The van der Waals surface area contributed by atoms with Gasteiger partial charge in [0.1, 0.15) is 5.60 Å². The molecule has 0 radical (unpaired) electrons. The lowest BCUT2D eigenvalue weighted by molar-refractivity contribution is 0.0543. The number of nitrogens with zero attached hydrogens (tertiary/aromatic N) is 2. The van der Waals surface area contributed by atoms with Crippen molar-refractivity contribution in [1.82, 2.24) is 9.55 Å². The predicted molar refractivity (Wildman–Crippen MR) is 68.3 cm³/mol. The van der Waals surface area contributed by atoms with Gasteiger partial charge in [-0.15, -0.1) is 0 Å². The Morgan fingerprint density at radius 3 is 2.63 bits per heavy atom. The van der Waals surface area contributed by atoms with E-state index in [1.165, 1.54) is 23.0 Å². The lowest BCUT2D eigenvalue weighted by atomic mass is 10.2. The number of fused-ring (bicyclic) bond motifs is 1. The third-order valence-electron chi connectivity index (χ3n) is 2.38. The van der Waals surface area contributed by atoms with Crippen molar-refractivity contribution >= 4 is 23.1 Å². The molecule has 2 aromatic heterocycles. The van der Waals surface area contributed by atoms with Gasteiger partial charge in [-0.1, -0.05) is 0 Å². The van der Waals surface area contributed by atoms with E-state index in [4.69, 9.17) is 9.84 Å². The van der Waals surface area contributed by atoms with Crippen LogP contribution in [-0.4, -0.2) is 32.3 Å². The molecular weight excluding hydrogens is 248 g/mol. The SMILES string of the molecule is CC(C)(C)OC(=O)n1ccc2ncc(C(=O)O)cc21. The van der Waals surface area contributed by atoms with E-state index in [0.29, 0.717) is 11.0 Å². The molecule has 0 fully saturated rings. The van der Waals surface area contributed by atoms with Crippen molar-refractivity contribution in [3.8, 4) is 0 Å². The number of hydrogen-bond donors (Lipinski definition) is 1. The van der Waals surface area contributed by atoms with E-state index in [-0.39, 0.29) is 5.56 Å². The van der Waals surface area contributed by atoms with Gasteiger partial charge in [0.25, 0.3) is 0 Å². The highest BCUT2D eigenvalue weighted by atomic mass is 16.6. The molecule has 0 aliphatic rings. The zero-order chi connectivity index (χ0) is 14.2. The summed E-state index contributed by atoms with van der Waals surface area (Å²) in [7, 11) is 0. The Balaban J connectivity index is 2.46. The standard InChI is InChI=1S/C13H14N2O4/c1-13(2,3)19-12(18)15-5-4-9-10(15)6-8(7-14-9)11(16)17/h4-7H,1-3H3,(H,16,17). The van der Waals surface area contributed by atoms with Gasteiger partial charge < -0.3 is 9.84 Å². The molecule has 19 heavy (non-hydrogen) atoms. The molecule has 6 nitrogen and oxygen atoms in total. The largest absolute Gasteiger partial charge is 0.478 e. The number of pyridine rings is 1. The van der Waals surface area contributed by atoms with Crippen molar-refractivity contribution in [2.75, 3.05) is 0 Å². The van der Waals surface area contributed by atoms with Crippen LogP contribution in [0.15, 0.2) is 24.5 Å². The first-order valence-electron chi connectivity index (χ1n) is 5.72. The number of carboxylic acid groups (broad SMARTS) is 1. The van der Waals surface area contributed by atoms with Crippen LogP contribution >= 0.6 is 0 Å². The molecule has 0 unspecified atom stereocenters. The normalized spacial score (nSPS) is 11.5. The predicted octanol–water partition coefficient (Wildman–Crippen LogP) is 2.52. The fraction of sp³-hybridized carbons (Fsp3) is 0.308. The Bertz CT molecular complexity index is 652. The number of aromatic nitrogens is 2. The van der Waals surface area contributed by atoms with Gasteiger partial charge in [-0.25, -0.2) is 9.59 Å². The number of aromatic carboxylic acids is 1. The third kappa shape index (κ3) is 2.73. The van der Waals surface area contributed by atoms with E-state index in [9.17, 15) is 9.59 Å². The molecule has 0 bridgehead atoms. The Hall–Kier alpha value is -2.37. The zero-order valence-electron chi connectivity index (χ0n) is 10.9. The quantitative estimate of drug-likeness (QED) is 0.853. The summed E-state index contributed by atoms with van der Waals surface area (Å²) in [6.07, 6.45) is 2.20. The maximum Gasteiger partial charge on any atom is 0.419 e. The lowest BCUT2D eigenvalue weighted by Crippen LogP contribution is -2.26. The maximum absolute atomic E-state index is 12.0. The van der Waals surface area contributed by atoms with Gasteiger partial charge >= 0.3 is 12.1 Å². The van der Waals surface area contributed by atoms with E-state index in [0.717, 1.165) is 0 Å². The van der Waals surface area contributed by atoms with E-state index in [2.05, 4.69) is 4.98 Å². The molecule has 0 spiro atoms. The Morgan fingerprint density at radius 2 is 2.05 bits per heavy atom. The minimum absolute atomic E-state index is 0.0241. The second-order valence-electron chi connectivity index (χ2n) is 5.10. The average Bonchev–Trinajstić information content (AvgIpc) is 2.68. The topological polar surface area (TPSA) is 81.4 Å². The van der Waals surface area contributed by atoms with Crippen molar-refractivity contribution in [1.29, 1.82) is 0 Å². The van der Waals surface area contributed by atoms with Crippen molar-refractivity contribution in [3.05, 3.63) is 30.1 Å². The van der Waals surface area contributed by atoms with Crippen LogP contribution in [0.4, 0.5) is 4.79 Å². The number of rotatable bonds is 1. The van der Waals surface area contributed by atoms with Crippen LogP contribution in [0.3, 0.4) is 0 Å². The van der Waals surface area contributed by atoms with Crippen molar-refractivity contribution in [2.24, 2.45) is 0 Å². The van der Waals surface area contributed by atoms with Gasteiger partial charge in [-0.3, -0.25) is 9.55 Å². The van der Waals surface area contributed by atoms with Crippen LogP contribution in [0.25, 0.3) is 11.0 Å². The Labute approximate surface area is 109 Å². The highest BCUT2D eigenvalue weighted by Gasteiger charge is 2.19. The number of carboxylic acids is 1. The van der Waals surface area contributed by atoms with E-state index in [1.807, 2.05) is 0 Å². The number of hydrogen-bond acceptors (Lipinski definition) is 4. The lowest BCUT2D eigenvalue weighted by Gasteiger charge is -2.19. The summed E-state index contributed by atoms with van der Waals surface area (Å²) >= 11 is 0. The summed E-state index contributed by atoms with van der Waals surface area (Å²) in [6.45, 7) is 5.28. The van der Waals surface area contributed by atoms with Crippen LogP contribution in [-0.2, 0) is 4.74 Å². The molecule has 0 aromatic carbocycles. The minimum Gasteiger partial charge on any atom is -0.478 e. The van der Waals surface area contributed by atoms with Gasteiger partial charge in [0, 0.05) is 12.4 Å². The molecule has 0 aliphatic heterocycles. The van der Waals surface area contributed by atoms with Gasteiger partial charge in [-0.05, 0) is 32.9 Å². The second kappa shape index (κ2) is 4.38. The maximum atomic E-state index is 12.0. The molecule has 100 valence electrons. The second-order valence-corrected chi connectivity index (χ2v) is 5.10. The first-order valence-corrected chi connectivity index (χ1v) is 5.72. The Morgan fingerprint density at radius 1 is 1.37 bits per heavy atom. The molecule has 2 heterocycles. The fourth-order valence-electron chi connectivity index (χ4n) is 1.60. The summed E-state index contributed by atoms with van der Waals surface area (Å²) in [5.41, 5.74) is 0.354. The van der Waals surface area contributed by atoms with E-state index < -0.39 is 17.7 Å². The number of ether oxygens (including phenoxy) is 1. The molecule has 0 aliphatic carbocycles. The average molecular weight is 262 g/mol. The van der Waals surface area contributed by atoms with Crippen molar-refractivity contribution in [3.63, 3.8) is 0 Å². The molecular formula is C13H14N2O4. The summed E-state index contributed by atoms with van der Waals surface area (Å²) in [5, 5.41) is 8.93. The molecule has 1 N–H and O–H groups in total. The summed E-state index contributed by atoms with van der Waals surface area (Å²) in [4.78, 5) is 26.9.